The van der Waals surface area contributed by atoms with E-state index in [0.717, 1.165) is 5.56 Å². The highest BCUT2D eigenvalue weighted by Gasteiger charge is 2.12. The normalized spacial score (nSPS) is 10.2. The van der Waals surface area contributed by atoms with E-state index < -0.39 is 5.91 Å². The molecule has 8 heteroatoms. The highest BCUT2D eigenvalue weighted by molar-refractivity contribution is 6.08. The van der Waals surface area contributed by atoms with Gasteiger partial charge in [0, 0.05) is 41.3 Å². The first-order chi connectivity index (χ1) is 14.5. The molecule has 0 radical (unpaired) electrons. The molecule has 30 heavy (non-hydrogen) atoms. The molecule has 0 aliphatic rings. The van der Waals surface area contributed by atoms with E-state index in [-0.39, 0.29) is 11.8 Å². The average molecular weight is 403 g/mol. The highest BCUT2D eigenvalue weighted by atomic mass is 16.2. The zero-order chi connectivity index (χ0) is 21.5. The number of aromatic nitrogens is 2. The molecule has 152 valence electrons. The van der Waals surface area contributed by atoms with E-state index in [1.807, 2.05) is 6.92 Å². The van der Waals surface area contributed by atoms with Gasteiger partial charge in [-0.25, -0.2) is 4.98 Å². The number of hydrogen-bond donors (Lipinski definition) is 3. The van der Waals surface area contributed by atoms with Gasteiger partial charge in [-0.2, -0.15) is 0 Å². The summed E-state index contributed by atoms with van der Waals surface area (Å²) in [5.74, 6) is -0.500. The minimum Gasteiger partial charge on any atom is -0.326 e. The van der Waals surface area contributed by atoms with E-state index in [9.17, 15) is 14.4 Å². The molecule has 2 aromatic carbocycles. The fraction of sp³-hybridized carbons (Fsp3) is 0.136. The molecule has 0 bridgehead atoms. The molecular weight excluding hydrogens is 382 g/mol. The Morgan fingerprint density at radius 2 is 1.63 bits per heavy atom. The first-order valence-corrected chi connectivity index (χ1v) is 9.35. The maximum absolute atomic E-state index is 12.6. The molecule has 0 aliphatic heterocycles. The van der Waals surface area contributed by atoms with Gasteiger partial charge in [-0.3, -0.25) is 19.4 Å². The third-order valence-electron chi connectivity index (χ3n) is 4.27. The number of carbonyl (C=O) groups is 3. The van der Waals surface area contributed by atoms with Crippen LogP contribution in [0, 0.1) is 6.92 Å². The molecule has 1 aromatic heterocycles. The van der Waals surface area contributed by atoms with Crippen LogP contribution in [-0.2, 0) is 4.79 Å². The molecule has 3 N–H and O–H groups in total. The minimum absolute atomic E-state index is 0.0774. The van der Waals surface area contributed by atoms with E-state index in [0.29, 0.717) is 34.7 Å². The summed E-state index contributed by atoms with van der Waals surface area (Å²) in [6.07, 6.45) is 4.80. The number of hydrogen-bond acceptors (Lipinski definition) is 5. The van der Waals surface area contributed by atoms with Crippen molar-refractivity contribution in [3.8, 4) is 0 Å². The number of amides is 3. The molecular formula is C22H21N5O3. The van der Waals surface area contributed by atoms with Gasteiger partial charge in [0.15, 0.2) is 5.82 Å². The highest BCUT2D eigenvalue weighted by Crippen LogP contribution is 2.21. The lowest BCUT2D eigenvalue weighted by atomic mass is 10.1. The standard InChI is InChI=1S/C22H21N5O3/c1-3-20(28)26-18-8-7-17(11-14(18)2)25-21(29)15-5-4-6-16(12-15)22(30)27-19-13-23-9-10-24-19/h4-13H,3H2,1-2H3,(H,25,29)(H,26,28)(H,24,27,30). The van der Waals surface area contributed by atoms with Crippen molar-refractivity contribution in [1.82, 2.24) is 9.97 Å². The summed E-state index contributed by atoms with van der Waals surface area (Å²) in [5.41, 5.74) is 2.76. The Balaban J connectivity index is 1.70. The predicted octanol–water partition coefficient (Wildman–Crippen LogP) is 3.64. The van der Waals surface area contributed by atoms with E-state index in [4.69, 9.17) is 0 Å². The van der Waals surface area contributed by atoms with Gasteiger partial charge in [0.1, 0.15) is 0 Å². The Kier molecular flexibility index (Phi) is 6.49. The van der Waals surface area contributed by atoms with Crippen LogP contribution in [0.25, 0.3) is 0 Å². The fourth-order valence-corrected chi connectivity index (χ4v) is 2.68. The van der Waals surface area contributed by atoms with Gasteiger partial charge in [0.2, 0.25) is 5.91 Å². The summed E-state index contributed by atoms with van der Waals surface area (Å²) in [7, 11) is 0. The average Bonchev–Trinajstić information content (AvgIpc) is 2.76. The van der Waals surface area contributed by atoms with Crippen molar-refractivity contribution in [3.63, 3.8) is 0 Å². The van der Waals surface area contributed by atoms with Crippen LogP contribution in [-0.4, -0.2) is 27.7 Å². The number of aryl methyl sites for hydroxylation is 1. The van der Waals surface area contributed by atoms with Crippen molar-refractivity contribution in [2.24, 2.45) is 0 Å². The van der Waals surface area contributed by atoms with Crippen LogP contribution >= 0.6 is 0 Å². The van der Waals surface area contributed by atoms with Gasteiger partial charge in [-0.1, -0.05) is 13.0 Å². The van der Waals surface area contributed by atoms with Crippen LogP contribution in [0.3, 0.4) is 0 Å². The molecule has 8 nitrogen and oxygen atoms in total. The summed E-state index contributed by atoms with van der Waals surface area (Å²) < 4.78 is 0. The van der Waals surface area contributed by atoms with Crippen LogP contribution in [0.2, 0.25) is 0 Å². The van der Waals surface area contributed by atoms with Gasteiger partial charge in [0.05, 0.1) is 6.20 Å². The smallest absolute Gasteiger partial charge is 0.256 e. The first kappa shape index (κ1) is 20.7. The largest absolute Gasteiger partial charge is 0.326 e. The Bertz CT molecular complexity index is 1080. The van der Waals surface area contributed by atoms with E-state index >= 15 is 0 Å². The van der Waals surface area contributed by atoms with Crippen LogP contribution in [0.15, 0.2) is 61.1 Å². The summed E-state index contributed by atoms with van der Waals surface area (Å²) in [6, 6.07) is 11.6. The summed E-state index contributed by atoms with van der Waals surface area (Å²) >= 11 is 0. The maximum Gasteiger partial charge on any atom is 0.256 e. The number of nitrogens with zero attached hydrogens (tertiary/aromatic N) is 2. The molecule has 0 saturated heterocycles. The molecule has 0 fully saturated rings. The minimum atomic E-state index is -0.392. The van der Waals surface area contributed by atoms with E-state index in [1.54, 1.807) is 43.3 Å². The van der Waals surface area contributed by atoms with Crippen molar-refractivity contribution in [2.75, 3.05) is 16.0 Å². The maximum atomic E-state index is 12.6. The van der Waals surface area contributed by atoms with Gasteiger partial charge < -0.3 is 16.0 Å². The third kappa shape index (κ3) is 5.26. The SMILES string of the molecule is CCC(=O)Nc1ccc(NC(=O)c2cccc(C(=O)Nc3cnccn3)c2)cc1C. The molecule has 0 aliphatic carbocycles. The fourth-order valence-electron chi connectivity index (χ4n) is 2.68. The molecule has 1 heterocycles. The first-order valence-electron chi connectivity index (χ1n) is 9.35. The van der Waals surface area contributed by atoms with Gasteiger partial charge in [-0.15, -0.1) is 0 Å². The van der Waals surface area contributed by atoms with Crippen molar-refractivity contribution < 1.29 is 14.4 Å². The molecule has 0 saturated carbocycles. The molecule has 0 unspecified atom stereocenters. The quantitative estimate of drug-likeness (QED) is 0.582. The van der Waals surface area contributed by atoms with Crippen LogP contribution in [0.4, 0.5) is 17.2 Å². The Morgan fingerprint density at radius 1 is 0.900 bits per heavy atom. The Hall–Kier alpha value is -4.07. The summed E-state index contributed by atoms with van der Waals surface area (Å²) in [6.45, 7) is 3.62. The molecule has 3 amide bonds. The van der Waals surface area contributed by atoms with Crippen molar-refractivity contribution in [1.29, 1.82) is 0 Å². The van der Waals surface area contributed by atoms with Crippen LogP contribution in [0.5, 0.6) is 0 Å². The zero-order valence-electron chi connectivity index (χ0n) is 16.6. The van der Waals surface area contributed by atoms with Gasteiger partial charge in [-0.05, 0) is 48.9 Å². The van der Waals surface area contributed by atoms with Gasteiger partial charge in [0.25, 0.3) is 11.8 Å². The second kappa shape index (κ2) is 9.42. The lowest BCUT2D eigenvalue weighted by Gasteiger charge is -2.11. The molecule has 0 spiro atoms. The second-order valence-electron chi connectivity index (χ2n) is 6.51. The lowest BCUT2D eigenvalue weighted by Crippen LogP contribution is -2.16. The third-order valence-corrected chi connectivity index (χ3v) is 4.27. The summed E-state index contributed by atoms with van der Waals surface area (Å²) in [5, 5.41) is 8.24. The number of nitrogens with one attached hydrogen (secondary N) is 3. The number of benzene rings is 2. The lowest BCUT2D eigenvalue weighted by molar-refractivity contribution is -0.115. The van der Waals surface area contributed by atoms with E-state index in [2.05, 4.69) is 25.9 Å². The van der Waals surface area contributed by atoms with E-state index in [1.165, 1.54) is 24.7 Å². The number of anilines is 3. The zero-order valence-corrected chi connectivity index (χ0v) is 16.6. The van der Waals surface area contributed by atoms with Crippen molar-refractivity contribution in [2.45, 2.75) is 20.3 Å². The van der Waals surface area contributed by atoms with Crippen molar-refractivity contribution >= 4 is 34.9 Å². The van der Waals surface area contributed by atoms with Crippen LogP contribution < -0.4 is 16.0 Å². The Labute approximate surface area is 173 Å². The molecule has 3 aromatic rings. The topological polar surface area (TPSA) is 113 Å². The van der Waals surface area contributed by atoms with Crippen molar-refractivity contribution in [3.05, 3.63) is 77.7 Å². The second-order valence-corrected chi connectivity index (χ2v) is 6.51. The predicted molar refractivity (Wildman–Crippen MR) is 114 cm³/mol. The number of carbonyl (C=O) groups excluding carboxylic acids is 3. The summed E-state index contributed by atoms with van der Waals surface area (Å²) in [4.78, 5) is 44.5. The number of rotatable bonds is 6. The monoisotopic (exact) mass is 403 g/mol. The van der Waals surface area contributed by atoms with Crippen LogP contribution in [0.1, 0.15) is 39.6 Å². The molecule has 0 atom stereocenters. The Morgan fingerprint density at radius 3 is 2.27 bits per heavy atom. The molecule has 3 rings (SSSR count). The van der Waals surface area contributed by atoms with Gasteiger partial charge >= 0.3 is 0 Å².